The Kier molecular flexibility index (Phi) is 4.06. The van der Waals surface area contributed by atoms with Crippen LogP contribution in [-0.4, -0.2) is 27.1 Å². The first kappa shape index (κ1) is 13.5. The molecule has 1 saturated carbocycles. The molecular formula is C10H14F3N3OS. The number of hydrogen-bond acceptors (Lipinski definition) is 5. The molecule has 8 heteroatoms. The van der Waals surface area contributed by atoms with Crippen LogP contribution >= 0.6 is 11.5 Å². The van der Waals surface area contributed by atoms with E-state index in [0.717, 1.165) is 25.7 Å². The fraction of sp³-hybridized carbons (Fsp3) is 0.800. The summed E-state index contributed by atoms with van der Waals surface area (Å²) in [7, 11) is 0. The van der Waals surface area contributed by atoms with Gasteiger partial charge in [-0.1, -0.05) is 12.8 Å². The van der Waals surface area contributed by atoms with Gasteiger partial charge in [-0.15, -0.1) is 0 Å². The summed E-state index contributed by atoms with van der Waals surface area (Å²) in [5, 5.41) is 12.7. The highest BCUT2D eigenvalue weighted by Crippen LogP contribution is 2.29. The van der Waals surface area contributed by atoms with E-state index in [4.69, 9.17) is 0 Å². The summed E-state index contributed by atoms with van der Waals surface area (Å²) < 4.78 is 40.1. The molecule has 0 aliphatic heterocycles. The number of halogens is 3. The molecule has 2 rings (SSSR count). The van der Waals surface area contributed by atoms with E-state index in [0.29, 0.717) is 18.1 Å². The number of rotatable bonds is 3. The molecule has 0 bridgehead atoms. The van der Waals surface area contributed by atoms with Gasteiger partial charge in [0, 0.05) is 24.0 Å². The van der Waals surface area contributed by atoms with E-state index >= 15 is 0 Å². The minimum absolute atomic E-state index is 0.0805. The van der Waals surface area contributed by atoms with E-state index in [9.17, 15) is 18.3 Å². The molecule has 1 fully saturated rings. The Labute approximate surface area is 106 Å². The van der Waals surface area contributed by atoms with Crippen molar-refractivity contribution < 1.29 is 18.3 Å². The molecule has 0 amide bonds. The molecule has 102 valence electrons. The van der Waals surface area contributed by atoms with Crippen LogP contribution < -0.4 is 5.32 Å². The van der Waals surface area contributed by atoms with Crippen LogP contribution in [0.15, 0.2) is 0 Å². The number of aromatic nitrogens is 2. The second kappa shape index (κ2) is 5.40. The molecule has 0 spiro atoms. The lowest BCUT2D eigenvalue weighted by Gasteiger charge is -2.27. The molecule has 2 unspecified atom stereocenters. The maximum absolute atomic E-state index is 12.3. The summed E-state index contributed by atoms with van der Waals surface area (Å²) in [6.45, 7) is 0.438. The average Bonchev–Trinajstić information content (AvgIpc) is 2.76. The standard InChI is InChI=1S/C10H14F3N3OS/c11-10(12,13)8-15-9(18-16-8)14-5-6-3-1-2-4-7(6)17/h6-7,17H,1-5H2,(H,14,15,16). The van der Waals surface area contributed by atoms with E-state index in [1.165, 1.54) is 0 Å². The summed E-state index contributed by atoms with van der Waals surface area (Å²) in [5.74, 6) is -1.03. The Hall–Kier alpha value is -0.890. The predicted octanol–water partition coefficient (Wildman–Crippen LogP) is 2.52. The molecule has 2 atom stereocenters. The normalized spacial score (nSPS) is 25.1. The number of nitrogens with zero attached hydrogens (tertiary/aromatic N) is 2. The van der Waals surface area contributed by atoms with Crippen molar-refractivity contribution in [1.29, 1.82) is 0 Å². The van der Waals surface area contributed by atoms with Gasteiger partial charge in [0.05, 0.1) is 6.10 Å². The van der Waals surface area contributed by atoms with Crippen molar-refractivity contribution in [2.45, 2.75) is 38.0 Å². The first-order chi connectivity index (χ1) is 8.47. The molecule has 2 N–H and O–H groups in total. The van der Waals surface area contributed by atoms with Crippen LogP contribution in [0.2, 0.25) is 0 Å². The van der Waals surface area contributed by atoms with Crippen molar-refractivity contribution in [3.8, 4) is 0 Å². The molecule has 1 heterocycles. The summed E-state index contributed by atoms with van der Waals surface area (Å²) in [5.41, 5.74) is 0. The summed E-state index contributed by atoms with van der Waals surface area (Å²) in [6.07, 6.45) is -1.17. The Bertz CT molecular complexity index is 396. The lowest BCUT2D eigenvalue weighted by atomic mass is 9.86. The summed E-state index contributed by atoms with van der Waals surface area (Å²) >= 11 is 0.692. The van der Waals surface area contributed by atoms with E-state index < -0.39 is 12.0 Å². The van der Waals surface area contributed by atoms with Crippen molar-refractivity contribution >= 4 is 16.7 Å². The lowest BCUT2D eigenvalue weighted by Crippen LogP contribution is -2.30. The van der Waals surface area contributed by atoms with Crippen LogP contribution in [0.4, 0.5) is 18.3 Å². The van der Waals surface area contributed by atoms with Crippen LogP contribution in [0, 0.1) is 5.92 Å². The Balaban J connectivity index is 1.88. The van der Waals surface area contributed by atoms with Crippen LogP contribution in [0.3, 0.4) is 0 Å². The third kappa shape index (κ3) is 3.32. The number of anilines is 1. The van der Waals surface area contributed by atoms with Gasteiger partial charge < -0.3 is 10.4 Å². The molecule has 1 aromatic rings. The van der Waals surface area contributed by atoms with E-state index in [1.807, 2.05) is 0 Å². The largest absolute Gasteiger partial charge is 0.452 e. The number of aliphatic hydroxyl groups is 1. The zero-order chi connectivity index (χ0) is 13.2. The van der Waals surface area contributed by atoms with Gasteiger partial charge in [0.1, 0.15) is 0 Å². The van der Waals surface area contributed by atoms with Crippen molar-refractivity contribution in [2.75, 3.05) is 11.9 Å². The monoisotopic (exact) mass is 281 g/mol. The minimum Gasteiger partial charge on any atom is -0.393 e. The van der Waals surface area contributed by atoms with Crippen LogP contribution in [-0.2, 0) is 6.18 Å². The predicted molar refractivity (Wildman–Crippen MR) is 61.4 cm³/mol. The van der Waals surface area contributed by atoms with Crippen LogP contribution in [0.5, 0.6) is 0 Å². The number of aliphatic hydroxyl groups excluding tert-OH is 1. The number of alkyl halides is 3. The van der Waals surface area contributed by atoms with Crippen LogP contribution in [0.25, 0.3) is 0 Å². The van der Waals surface area contributed by atoms with E-state index in [1.54, 1.807) is 0 Å². The van der Waals surface area contributed by atoms with Gasteiger partial charge in [0.25, 0.3) is 0 Å². The van der Waals surface area contributed by atoms with Gasteiger partial charge in [-0.3, -0.25) is 0 Å². The smallest absolute Gasteiger partial charge is 0.393 e. The maximum atomic E-state index is 12.3. The average molecular weight is 281 g/mol. The second-order valence-corrected chi connectivity index (χ2v) is 5.17. The lowest BCUT2D eigenvalue weighted by molar-refractivity contribution is -0.144. The van der Waals surface area contributed by atoms with Gasteiger partial charge in [-0.25, -0.2) is 0 Å². The molecular weight excluding hydrogens is 267 g/mol. The number of nitrogens with one attached hydrogen (secondary N) is 1. The first-order valence-corrected chi connectivity index (χ1v) is 6.57. The topological polar surface area (TPSA) is 58.0 Å². The second-order valence-electron chi connectivity index (χ2n) is 4.41. The highest BCUT2D eigenvalue weighted by molar-refractivity contribution is 7.09. The van der Waals surface area contributed by atoms with Gasteiger partial charge in [-0.2, -0.15) is 22.5 Å². The molecule has 0 saturated heterocycles. The maximum Gasteiger partial charge on any atom is 0.452 e. The SMILES string of the molecule is OC1CCCCC1CNc1nc(C(F)(F)F)ns1. The van der Waals surface area contributed by atoms with Crippen molar-refractivity contribution in [2.24, 2.45) is 5.92 Å². The van der Waals surface area contributed by atoms with Gasteiger partial charge in [0.15, 0.2) is 0 Å². The fourth-order valence-electron chi connectivity index (χ4n) is 2.06. The summed E-state index contributed by atoms with van der Waals surface area (Å²) in [4.78, 5) is 3.38. The van der Waals surface area contributed by atoms with Gasteiger partial charge in [0.2, 0.25) is 11.0 Å². The third-order valence-electron chi connectivity index (χ3n) is 3.06. The fourth-order valence-corrected chi connectivity index (χ4v) is 2.65. The first-order valence-electron chi connectivity index (χ1n) is 5.79. The molecule has 4 nitrogen and oxygen atoms in total. The van der Waals surface area contributed by atoms with Gasteiger partial charge >= 0.3 is 6.18 Å². The Morgan fingerprint density at radius 1 is 1.33 bits per heavy atom. The molecule has 1 aliphatic rings. The Morgan fingerprint density at radius 2 is 2.06 bits per heavy atom. The van der Waals surface area contributed by atoms with E-state index in [-0.39, 0.29) is 17.2 Å². The van der Waals surface area contributed by atoms with Crippen molar-refractivity contribution in [3.63, 3.8) is 0 Å². The van der Waals surface area contributed by atoms with Crippen LogP contribution in [0.1, 0.15) is 31.5 Å². The highest BCUT2D eigenvalue weighted by atomic mass is 32.1. The van der Waals surface area contributed by atoms with Gasteiger partial charge in [-0.05, 0) is 12.8 Å². The molecule has 18 heavy (non-hydrogen) atoms. The zero-order valence-electron chi connectivity index (χ0n) is 9.57. The number of hydrogen-bond donors (Lipinski definition) is 2. The molecule has 1 aliphatic carbocycles. The van der Waals surface area contributed by atoms with Crippen molar-refractivity contribution in [3.05, 3.63) is 5.82 Å². The van der Waals surface area contributed by atoms with Crippen molar-refractivity contribution in [1.82, 2.24) is 9.36 Å². The highest BCUT2D eigenvalue weighted by Gasteiger charge is 2.36. The summed E-state index contributed by atoms with van der Waals surface area (Å²) in [6, 6.07) is 0. The molecule has 1 aromatic heterocycles. The van der Waals surface area contributed by atoms with E-state index in [2.05, 4.69) is 14.7 Å². The molecule has 0 aromatic carbocycles. The Morgan fingerprint density at radius 3 is 2.67 bits per heavy atom. The quantitative estimate of drug-likeness (QED) is 0.894. The molecule has 0 radical (unpaired) electrons. The minimum atomic E-state index is -4.50. The third-order valence-corrected chi connectivity index (χ3v) is 3.74. The zero-order valence-corrected chi connectivity index (χ0v) is 10.4.